The molecule has 37 heavy (non-hydrogen) atoms. The zero-order chi connectivity index (χ0) is 27.0. The predicted octanol–water partition coefficient (Wildman–Crippen LogP) is 7.82. The molecule has 1 heterocycles. The highest BCUT2D eigenvalue weighted by Crippen LogP contribution is 2.95. The molecule has 1 fully saturated rings. The van der Waals surface area contributed by atoms with E-state index >= 15 is 0 Å². The Bertz CT molecular complexity index is 1480. The first-order valence-corrected chi connectivity index (χ1v) is 16.0. The van der Waals surface area contributed by atoms with Crippen LogP contribution in [0.5, 0.6) is 0 Å². The van der Waals surface area contributed by atoms with Crippen molar-refractivity contribution in [1.29, 1.82) is 5.26 Å². The third-order valence-corrected chi connectivity index (χ3v) is 15.2. The molecule has 0 spiro atoms. The highest BCUT2D eigenvalue weighted by atomic mass is 35.7. The number of halogens is 4. The molecule has 0 radical (unpaired) electrons. The number of non-ortho nitro benzene ring substituents is 1. The molecule has 1 saturated heterocycles. The second-order valence-electron chi connectivity index (χ2n) is 7.37. The molecule has 1 amide bonds. The maximum atomic E-state index is 13.8. The first kappa shape index (κ1) is 27.4. The summed E-state index contributed by atoms with van der Waals surface area (Å²) in [5, 5.41) is 20.9. The Balaban J connectivity index is 1.85. The molecular formula is C22H13Cl4N5O4P2. The fourth-order valence-electron chi connectivity index (χ4n) is 3.43. The van der Waals surface area contributed by atoms with Gasteiger partial charge in [-0.3, -0.25) is 14.9 Å². The molecule has 0 aliphatic carbocycles. The van der Waals surface area contributed by atoms with Crippen LogP contribution in [0.2, 0.25) is 10.0 Å². The van der Waals surface area contributed by atoms with E-state index in [1.54, 1.807) is 30.3 Å². The van der Waals surface area contributed by atoms with Gasteiger partial charge < -0.3 is 4.89 Å². The summed E-state index contributed by atoms with van der Waals surface area (Å²) in [6, 6.07) is 19.6. The zero-order valence-electron chi connectivity index (χ0n) is 18.3. The van der Waals surface area contributed by atoms with Crippen LogP contribution in [0, 0.1) is 21.4 Å². The van der Waals surface area contributed by atoms with Crippen LogP contribution in [0.15, 0.2) is 83.1 Å². The number of hydrogen-bond acceptors (Lipinski definition) is 5. The summed E-state index contributed by atoms with van der Waals surface area (Å²) in [5.41, 5.74) is 0.140. The Morgan fingerprint density at radius 2 is 1.49 bits per heavy atom. The molecule has 0 bridgehead atoms. The number of nitriles is 1. The van der Waals surface area contributed by atoms with Gasteiger partial charge in [0.1, 0.15) is 34.3 Å². The number of benzene rings is 3. The van der Waals surface area contributed by atoms with Crippen molar-refractivity contribution in [3.8, 4) is 6.07 Å². The van der Waals surface area contributed by atoms with E-state index in [1.807, 2.05) is 0 Å². The van der Waals surface area contributed by atoms with Gasteiger partial charge in [0, 0.05) is 12.1 Å². The quantitative estimate of drug-likeness (QED) is 0.0942. The monoisotopic (exact) mass is 613 g/mol. The Kier molecular flexibility index (Phi) is 7.85. The second kappa shape index (κ2) is 10.6. The molecule has 9 nitrogen and oxygen atoms in total. The summed E-state index contributed by atoms with van der Waals surface area (Å²) < 4.78 is 6.35. The van der Waals surface area contributed by atoms with Gasteiger partial charge in [0.15, 0.2) is 0 Å². The smallest absolute Gasteiger partial charge is 0.313 e. The highest BCUT2D eigenvalue weighted by Gasteiger charge is 2.68. The summed E-state index contributed by atoms with van der Waals surface area (Å²) in [5.74, 6) is -1.02. The van der Waals surface area contributed by atoms with Crippen molar-refractivity contribution >= 4 is 88.6 Å². The molecule has 188 valence electrons. The Hall–Kier alpha value is -2.66. The van der Waals surface area contributed by atoms with Crippen molar-refractivity contribution in [3.63, 3.8) is 0 Å². The van der Waals surface area contributed by atoms with Crippen LogP contribution in [-0.2, 0) is 4.79 Å². The molecule has 3 aromatic carbocycles. The number of nitrogens with zero attached hydrogens (tertiary/aromatic N) is 5. The number of anilines is 2. The number of nitro groups is 1. The van der Waals surface area contributed by atoms with Gasteiger partial charge in [-0.15, -0.1) is 8.88 Å². The number of hydrogen-bond donors (Lipinski definition) is 0. The molecule has 15 heteroatoms. The summed E-state index contributed by atoms with van der Waals surface area (Å²) in [6.45, 7) is -3.76. The van der Waals surface area contributed by atoms with Crippen LogP contribution in [0.25, 0.3) is 6.08 Å². The lowest BCUT2D eigenvalue weighted by atomic mass is 10.1. The van der Waals surface area contributed by atoms with Crippen molar-refractivity contribution < 1.29 is 14.6 Å². The van der Waals surface area contributed by atoms with Gasteiger partial charge in [-0.1, -0.05) is 47.5 Å². The maximum absolute atomic E-state index is 13.8. The lowest BCUT2D eigenvalue weighted by Crippen LogP contribution is -2.48. The Labute approximate surface area is 231 Å². The SMILES string of the molecule is N#C/C(=C\c1ccc([N+](=O)[O-])cc1)C(=O)N=P1(Cl)N(c2ccccc2Cl)[P+]([O-])(Cl)N1c1ccccc1Cl. The van der Waals surface area contributed by atoms with Crippen LogP contribution >= 0.6 is 59.5 Å². The molecule has 1 aliphatic heterocycles. The molecular weight excluding hydrogens is 602 g/mol. The van der Waals surface area contributed by atoms with Crippen LogP contribution in [0.3, 0.4) is 0 Å². The van der Waals surface area contributed by atoms with E-state index in [2.05, 4.69) is 4.74 Å². The highest BCUT2D eigenvalue weighted by molar-refractivity contribution is 8.23. The summed E-state index contributed by atoms with van der Waals surface area (Å²) >= 11 is 26.2. The number of carbonyl (C=O) groups excluding carboxylic acids is 1. The first-order valence-electron chi connectivity index (χ1n) is 10.1. The molecule has 0 unspecified atom stereocenters. The number of carbonyl (C=O) groups is 1. The first-order chi connectivity index (χ1) is 17.5. The van der Waals surface area contributed by atoms with E-state index in [0.29, 0.717) is 5.56 Å². The minimum absolute atomic E-state index is 0.157. The largest absolute Gasteiger partial charge is 0.627 e. The van der Waals surface area contributed by atoms with Crippen LogP contribution in [0.1, 0.15) is 5.56 Å². The van der Waals surface area contributed by atoms with Gasteiger partial charge >= 0.3 is 6.71 Å². The van der Waals surface area contributed by atoms with E-state index in [-0.39, 0.29) is 27.1 Å². The van der Waals surface area contributed by atoms with Crippen LogP contribution in [0.4, 0.5) is 17.1 Å². The van der Waals surface area contributed by atoms with E-state index in [9.17, 15) is 25.1 Å². The van der Waals surface area contributed by atoms with Crippen molar-refractivity contribution in [1.82, 2.24) is 0 Å². The molecule has 0 N–H and O–H groups in total. The zero-order valence-corrected chi connectivity index (χ0v) is 23.1. The molecule has 0 aromatic heterocycles. The average molecular weight is 615 g/mol. The van der Waals surface area contributed by atoms with Gasteiger partial charge in [-0.2, -0.15) is 10.0 Å². The molecule has 1 aliphatic rings. The topological polar surface area (TPSA) is 126 Å². The third kappa shape index (κ3) is 5.07. The van der Waals surface area contributed by atoms with Crippen molar-refractivity contribution in [2.24, 2.45) is 4.74 Å². The number of amides is 1. The number of nitro benzene ring substituents is 1. The summed E-state index contributed by atoms with van der Waals surface area (Å²) in [6.07, 6.45) is 1.21. The normalized spacial score (nSPS) is 21.1. The average Bonchev–Trinajstić information content (AvgIpc) is 2.85. The van der Waals surface area contributed by atoms with Crippen molar-refractivity contribution in [2.75, 3.05) is 8.88 Å². The number of rotatable bonds is 5. The van der Waals surface area contributed by atoms with E-state index < -0.39 is 30.3 Å². The summed E-state index contributed by atoms with van der Waals surface area (Å²) in [7, 11) is -4.01. The fraction of sp³-hybridized carbons (Fsp3) is 0. The standard InChI is InChI=1S/C22H13Cl4N5O4P2/c23-18-5-1-3-7-20(18)30-36(25,31(37(30,26)35)21-8-4-2-6-19(21)24)28-22(32)16(14-27)13-15-9-11-17(12-10-15)29(33)34/h1-13H/b16-13+. The predicted molar refractivity (Wildman–Crippen MR) is 148 cm³/mol. The minimum atomic E-state index is -4.01. The van der Waals surface area contributed by atoms with E-state index in [0.717, 1.165) is 8.88 Å². The molecule has 4 rings (SSSR count). The van der Waals surface area contributed by atoms with E-state index in [4.69, 9.17) is 45.7 Å². The lowest BCUT2D eigenvalue weighted by Gasteiger charge is -2.56. The van der Waals surface area contributed by atoms with Gasteiger partial charge in [0.25, 0.3) is 18.7 Å². The Morgan fingerprint density at radius 3 is 1.92 bits per heavy atom. The van der Waals surface area contributed by atoms with Crippen molar-refractivity contribution in [2.45, 2.75) is 0 Å². The third-order valence-electron chi connectivity index (χ3n) is 5.07. The molecule has 3 aromatic rings. The molecule has 0 saturated carbocycles. The number of para-hydroxylation sites is 2. The van der Waals surface area contributed by atoms with Gasteiger partial charge in [-0.05, 0) is 59.3 Å². The summed E-state index contributed by atoms with van der Waals surface area (Å²) in [4.78, 5) is 37.3. The van der Waals surface area contributed by atoms with Gasteiger partial charge in [0.05, 0.1) is 15.0 Å². The van der Waals surface area contributed by atoms with Crippen molar-refractivity contribution in [3.05, 3.63) is 104 Å². The Morgan fingerprint density at radius 1 is 1.00 bits per heavy atom. The van der Waals surface area contributed by atoms with E-state index in [1.165, 1.54) is 54.6 Å². The van der Waals surface area contributed by atoms with Gasteiger partial charge in [-0.25, -0.2) is 0 Å². The fourth-order valence-corrected chi connectivity index (χ4v) is 14.8. The maximum Gasteiger partial charge on any atom is 0.313 e. The molecule has 0 atom stereocenters. The second-order valence-corrected chi connectivity index (χ2v) is 15.2. The minimum Gasteiger partial charge on any atom is -0.627 e. The van der Waals surface area contributed by atoms with Crippen LogP contribution in [-0.4, -0.2) is 10.8 Å². The van der Waals surface area contributed by atoms with Crippen LogP contribution < -0.4 is 13.8 Å². The lowest BCUT2D eigenvalue weighted by molar-refractivity contribution is -0.384. The van der Waals surface area contributed by atoms with Gasteiger partial charge in [0.2, 0.25) is 0 Å².